The number of carboxylic acids is 1. The normalized spacial score (nSPS) is 8.00. The Bertz CT molecular complexity index is 208. The van der Waals surface area contributed by atoms with Crippen molar-refractivity contribution in [1.82, 2.24) is 0 Å². The number of carboxylic acid groups (broad SMARTS) is 1. The fourth-order valence-corrected chi connectivity index (χ4v) is 0.581. The van der Waals surface area contributed by atoms with Crippen molar-refractivity contribution in [2.75, 3.05) is 0 Å². The van der Waals surface area contributed by atoms with Crippen molar-refractivity contribution in [2.45, 2.75) is 0 Å². The van der Waals surface area contributed by atoms with Crippen LogP contribution in [-0.4, -0.2) is 11.1 Å². The number of aromatic carboxylic acids is 1. The van der Waals surface area contributed by atoms with Gasteiger partial charge in [-0.3, -0.25) is 0 Å². The molecule has 0 radical (unpaired) electrons. The number of benzene rings is 1. The van der Waals surface area contributed by atoms with Gasteiger partial charge in [0.2, 0.25) is 0 Å². The van der Waals surface area contributed by atoms with E-state index >= 15 is 0 Å². The van der Waals surface area contributed by atoms with Gasteiger partial charge in [-0.1, -0.05) is 18.2 Å². The predicted molar refractivity (Wildman–Crippen MR) is 33.4 cm³/mol. The largest absolute Gasteiger partial charge is 0.478 e. The predicted octanol–water partition coefficient (Wildman–Crippen LogP) is 1.38. The molecule has 10 heavy (non-hydrogen) atoms. The Balaban J connectivity index is 0.000000810. The molecule has 0 heterocycles. The van der Waals surface area contributed by atoms with Gasteiger partial charge in [-0.2, -0.15) is 0 Å². The SMILES string of the molecule is O=C(O)c1ccccc1.[Fe]. The van der Waals surface area contributed by atoms with Gasteiger partial charge in [0, 0.05) is 17.1 Å². The van der Waals surface area contributed by atoms with Gasteiger partial charge in [0.05, 0.1) is 5.56 Å². The van der Waals surface area contributed by atoms with Crippen LogP contribution >= 0.6 is 0 Å². The third-order valence-corrected chi connectivity index (χ3v) is 1.02. The summed E-state index contributed by atoms with van der Waals surface area (Å²) in [6.07, 6.45) is 0. The van der Waals surface area contributed by atoms with Crippen molar-refractivity contribution in [3.63, 3.8) is 0 Å². The van der Waals surface area contributed by atoms with Crippen LogP contribution in [0.25, 0.3) is 0 Å². The summed E-state index contributed by atoms with van der Waals surface area (Å²) >= 11 is 0. The van der Waals surface area contributed by atoms with E-state index in [1.807, 2.05) is 0 Å². The van der Waals surface area contributed by atoms with Crippen molar-refractivity contribution in [3.05, 3.63) is 35.9 Å². The van der Waals surface area contributed by atoms with Crippen LogP contribution in [0, 0.1) is 0 Å². The van der Waals surface area contributed by atoms with E-state index in [4.69, 9.17) is 5.11 Å². The zero-order chi connectivity index (χ0) is 6.69. The molecule has 3 heteroatoms. The van der Waals surface area contributed by atoms with Crippen molar-refractivity contribution in [1.29, 1.82) is 0 Å². The number of hydrogen-bond donors (Lipinski definition) is 1. The quantitative estimate of drug-likeness (QED) is 0.659. The Morgan fingerprint density at radius 2 is 1.70 bits per heavy atom. The van der Waals surface area contributed by atoms with Crippen LogP contribution in [0.4, 0.5) is 0 Å². The zero-order valence-electron chi connectivity index (χ0n) is 5.10. The van der Waals surface area contributed by atoms with E-state index in [0.717, 1.165) is 0 Å². The summed E-state index contributed by atoms with van der Waals surface area (Å²) in [4.78, 5) is 10.2. The molecule has 2 nitrogen and oxygen atoms in total. The summed E-state index contributed by atoms with van der Waals surface area (Å²) < 4.78 is 0. The van der Waals surface area contributed by atoms with Crippen LogP contribution in [0.5, 0.6) is 0 Å². The number of rotatable bonds is 1. The molecule has 0 amide bonds. The van der Waals surface area contributed by atoms with Gasteiger partial charge in [-0.05, 0) is 12.1 Å². The summed E-state index contributed by atoms with van der Waals surface area (Å²) in [5, 5.41) is 8.38. The molecule has 0 saturated heterocycles. The molecule has 0 aromatic heterocycles. The summed E-state index contributed by atoms with van der Waals surface area (Å²) in [5.41, 5.74) is 0.331. The first-order valence-electron chi connectivity index (χ1n) is 2.59. The van der Waals surface area contributed by atoms with Crippen molar-refractivity contribution >= 4 is 5.97 Å². The third kappa shape index (κ3) is 2.21. The molecule has 1 aromatic carbocycles. The number of carbonyl (C=O) groups is 1. The van der Waals surface area contributed by atoms with E-state index in [1.165, 1.54) is 0 Å². The summed E-state index contributed by atoms with van der Waals surface area (Å²) in [7, 11) is 0. The first kappa shape index (κ1) is 9.21. The van der Waals surface area contributed by atoms with Gasteiger partial charge in [0.1, 0.15) is 0 Å². The van der Waals surface area contributed by atoms with Gasteiger partial charge in [0.25, 0.3) is 0 Å². The summed E-state index contributed by atoms with van der Waals surface area (Å²) in [5.74, 6) is -0.879. The van der Waals surface area contributed by atoms with E-state index in [1.54, 1.807) is 30.3 Å². The molecule has 0 atom stereocenters. The van der Waals surface area contributed by atoms with Gasteiger partial charge < -0.3 is 5.11 Å². The second kappa shape index (κ2) is 4.09. The molecule has 1 rings (SSSR count). The molecule has 0 aliphatic heterocycles. The maximum Gasteiger partial charge on any atom is 0.335 e. The van der Waals surface area contributed by atoms with Crippen LogP contribution in [-0.2, 0) is 17.1 Å². The van der Waals surface area contributed by atoms with Crippen LogP contribution in [0.2, 0.25) is 0 Å². The zero-order valence-corrected chi connectivity index (χ0v) is 6.20. The van der Waals surface area contributed by atoms with Crippen LogP contribution in [0.15, 0.2) is 30.3 Å². The first-order valence-corrected chi connectivity index (χ1v) is 2.59. The Labute approximate surface area is 69.3 Å². The molecule has 1 N–H and O–H groups in total. The maximum absolute atomic E-state index is 10.2. The molecule has 0 saturated carbocycles. The molecule has 0 aliphatic rings. The molecule has 0 unspecified atom stereocenters. The average Bonchev–Trinajstić information content (AvgIpc) is 1.90. The minimum atomic E-state index is -0.879. The van der Waals surface area contributed by atoms with Crippen LogP contribution in [0.3, 0.4) is 0 Å². The molecule has 0 spiro atoms. The fraction of sp³-hybridized carbons (Fsp3) is 0. The van der Waals surface area contributed by atoms with Gasteiger partial charge in [-0.25, -0.2) is 4.79 Å². The summed E-state index contributed by atoms with van der Waals surface area (Å²) in [6, 6.07) is 8.30. The van der Waals surface area contributed by atoms with Gasteiger partial charge in [0.15, 0.2) is 0 Å². The Morgan fingerprint density at radius 1 is 1.20 bits per heavy atom. The average molecular weight is 178 g/mol. The van der Waals surface area contributed by atoms with E-state index in [0.29, 0.717) is 5.56 Å². The first-order chi connectivity index (χ1) is 4.30. The van der Waals surface area contributed by atoms with Crippen molar-refractivity contribution in [2.24, 2.45) is 0 Å². The van der Waals surface area contributed by atoms with E-state index in [9.17, 15) is 4.79 Å². The number of hydrogen-bond acceptors (Lipinski definition) is 1. The smallest absolute Gasteiger partial charge is 0.335 e. The van der Waals surface area contributed by atoms with E-state index in [-0.39, 0.29) is 17.1 Å². The Hall–Kier alpha value is -0.791. The third-order valence-electron chi connectivity index (χ3n) is 1.02. The minimum Gasteiger partial charge on any atom is -0.478 e. The molecule has 0 bridgehead atoms. The second-order valence-corrected chi connectivity index (χ2v) is 1.67. The molecule has 1 aromatic rings. The second-order valence-electron chi connectivity index (χ2n) is 1.67. The molecular weight excluding hydrogens is 172 g/mol. The fourth-order valence-electron chi connectivity index (χ4n) is 0.581. The molecular formula is C7H6FeO2. The van der Waals surface area contributed by atoms with Crippen LogP contribution < -0.4 is 0 Å². The Kier molecular flexibility index (Phi) is 3.77. The van der Waals surface area contributed by atoms with Crippen LogP contribution in [0.1, 0.15) is 10.4 Å². The minimum absolute atomic E-state index is 0. The molecule has 0 fully saturated rings. The monoisotopic (exact) mass is 178 g/mol. The molecule has 54 valence electrons. The molecule has 0 aliphatic carbocycles. The Morgan fingerprint density at radius 3 is 2.00 bits per heavy atom. The van der Waals surface area contributed by atoms with Gasteiger partial charge in [-0.15, -0.1) is 0 Å². The van der Waals surface area contributed by atoms with Crippen molar-refractivity contribution < 1.29 is 27.0 Å². The van der Waals surface area contributed by atoms with Gasteiger partial charge >= 0.3 is 5.97 Å². The van der Waals surface area contributed by atoms with E-state index in [2.05, 4.69) is 0 Å². The van der Waals surface area contributed by atoms with E-state index < -0.39 is 5.97 Å². The standard InChI is InChI=1S/C7H6O2.Fe/c8-7(9)6-4-2-1-3-5-6;/h1-5H,(H,8,9);. The summed E-state index contributed by atoms with van der Waals surface area (Å²) in [6.45, 7) is 0. The van der Waals surface area contributed by atoms with Crippen molar-refractivity contribution in [3.8, 4) is 0 Å². The topological polar surface area (TPSA) is 37.3 Å². The maximum atomic E-state index is 10.2.